The van der Waals surface area contributed by atoms with Gasteiger partial charge in [-0.25, -0.2) is 18.8 Å². The molecule has 69 heavy (non-hydrogen) atoms. The number of ether oxygens (including phenoxy) is 2. The first kappa shape index (κ1) is 52.8. The second-order valence-corrected chi connectivity index (χ2v) is 18.6. The molecule has 372 valence electrons. The second kappa shape index (κ2) is 22.8. The average Bonchev–Trinajstić information content (AvgIpc) is 3.83. The molecule has 0 radical (unpaired) electrons. The van der Waals surface area contributed by atoms with E-state index in [9.17, 15) is 37.1 Å². The minimum absolute atomic E-state index is 0.0737. The van der Waals surface area contributed by atoms with Crippen molar-refractivity contribution in [2.24, 2.45) is 11.8 Å². The Morgan fingerprint density at radius 2 is 1.38 bits per heavy atom. The number of aromatic nitrogens is 4. The summed E-state index contributed by atoms with van der Waals surface area (Å²) < 4.78 is 58.6. The number of carboxylic acids is 1. The first-order valence-electron chi connectivity index (χ1n) is 22.2. The zero-order valence-electron chi connectivity index (χ0n) is 39.1. The van der Waals surface area contributed by atoms with Gasteiger partial charge in [-0.2, -0.15) is 18.4 Å². The van der Waals surface area contributed by atoms with Crippen LogP contribution in [0.4, 0.5) is 32.8 Å². The molecule has 2 fully saturated rings. The Morgan fingerprint density at radius 1 is 0.797 bits per heavy atom. The number of hydrogen-bond donors (Lipinski definition) is 5. The van der Waals surface area contributed by atoms with Crippen molar-refractivity contribution in [3.8, 4) is 22.5 Å². The van der Waals surface area contributed by atoms with Crippen molar-refractivity contribution in [1.82, 2.24) is 41.1 Å². The van der Waals surface area contributed by atoms with Gasteiger partial charge in [0.05, 0.1) is 5.56 Å². The fourth-order valence-corrected chi connectivity index (χ4v) is 7.45. The first-order chi connectivity index (χ1) is 32.4. The summed E-state index contributed by atoms with van der Waals surface area (Å²) in [6, 6.07) is 17.6. The highest BCUT2D eigenvalue weighted by atomic mass is 19.4. The number of aliphatic carboxylic acids is 1. The van der Waals surface area contributed by atoms with Gasteiger partial charge in [0.15, 0.2) is 0 Å². The molecule has 1 aliphatic carbocycles. The minimum atomic E-state index is -5.08. The highest BCUT2D eigenvalue weighted by Crippen LogP contribution is 2.30. The topological polar surface area (TPSA) is 238 Å². The van der Waals surface area contributed by atoms with Crippen molar-refractivity contribution in [2.75, 3.05) is 38.0 Å². The number of amides is 5. The lowest BCUT2D eigenvalue weighted by atomic mass is 9.81. The van der Waals surface area contributed by atoms with E-state index in [0.29, 0.717) is 47.6 Å². The Morgan fingerprint density at radius 3 is 1.93 bits per heavy atom. The normalized spacial score (nSPS) is 16.8. The van der Waals surface area contributed by atoms with Crippen LogP contribution < -0.4 is 16.0 Å². The summed E-state index contributed by atoms with van der Waals surface area (Å²) in [5.74, 6) is -4.25. The van der Waals surface area contributed by atoms with Crippen molar-refractivity contribution < 1.29 is 60.9 Å². The van der Waals surface area contributed by atoms with Crippen LogP contribution in [0.3, 0.4) is 0 Å². The molecule has 1 saturated heterocycles. The fourth-order valence-electron chi connectivity index (χ4n) is 7.45. The molecule has 18 nitrogen and oxygen atoms in total. The number of alkyl halides is 3. The van der Waals surface area contributed by atoms with Gasteiger partial charge in [0.1, 0.15) is 23.1 Å². The standard InChI is InChI=1S/C45H56FN9O7.C2HF3O2/c1-44(2,3)61-42(59)47-27-29-12-16-32(17-13-29)39(56)49-36(40(57)48-33-20-18-31(19-21-33)38-50-52-53-51-38)26-28-10-14-30(15-11-28)34-8-7-9-35(37(34)46)41(58)54-22-24-55(25-23-54)43(60)62-45(4,5)6;3-2(4,5)1(6)7/h7-11,14-15,18-21,29,32,36H,12-13,16-17,22-27H2,1-6H3,(H,47,59)(H,48,57)(H,49,56)(H,50,51,52,53);(H,6,7)/t29-,32-,36-;/m0./s1. The van der Waals surface area contributed by atoms with E-state index < -0.39 is 59.2 Å². The fraction of sp³-hybridized carbons (Fsp3) is 0.468. The number of aromatic amines is 1. The number of benzene rings is 3. The number of hydrogen-bond acceptors (Lipinski definition) is 11. The summed E-state index contributed by atoms with van der Waals surface area (Å²) in [6.07, 6.45) is -3.20. The van der Waals surface area contributed by atoms with E-state index in [1.807, 2.05) is 0 Å². The number of carbonyl (C=O) groups is 6. The molecule has 1 saturated carbocycles. The lowest BCUT2D eigenvalue weighted by Crippen LogP contribution is -2.51. The Bertz CT molecular complexity index is 2410. The number of carbonyl (C=O) groups excluding carboxylic acids is 5. The lowest BCUT2D eigenvalue weighted by Gasteiger charge is -2.35. The van der Waals surface area contributed by atoms with Gasteiger partial charge >= 0.3 is 24.3 Å². The van der Waals surface area contributed by atoms with Gasteiger partial charge in [-0.15, -0.1) is 10.2 Å². The van der Waals surface area contributed by atoms with Crippen LogP contribution in [0, 0.1) is 17.7 Å². The molecular formula is C47H57F4N9O9. The maximum Gasteiger partial charge on any atom is 0.490 e. The van der Waals surface area contributed by atoms with Crippen molar-refractivity contribution in [3.05, 3.63) is 83.7 Å². The van der Waals surface area contributed by atoms with E-state index in [4.69, 9.17) is 19.4 Å². The summed E-state index contributed by atoms with van der Waals surface area (Å²) >= 11 is 0. The maximum atomic E-state index is 16.1. The first-order valence-corrected chi connectivity index (χ1v) is 22.2. The molecule has 1 aromatic heterocycles. The van der Waals surface area contributed by atoms with Crippen molar-refractivity contribution >= 4 is 41.6 Å². The van der Waals surface area contributed by atoms with Gasteiger partial charge < -0.3 is 40.3 Å². The van der Waals surface area contributed by atoms with Gasteiger partial charge in [0, 0.05) is 61.9 Å². The number of rotatable bonds is 11. The predicted octanol–water partition coefficient (Wildman–Crippen LogP) is 7.00. The van der Waals surface area contributed by atoms with Crippen LogP contribution in [-0.2, 0) is 30.3 Å². The van der Waals surface area contributed by atoms with Crippen molar-refractivity contribution in [1.29, 1.82) is 0 Å². The Balaban J connectivity index is 0.00000118. The van der Waals surface area contributed by atoms with Crippen LogP contribution >= 0.6 is 0 Å². The van der Waals surface area contributed by atoms with Gasteiger partial charge in [-0.3, -0.25) is 14.4 Å². The zero-order chi connectivity index (χ0) is 50.7. The minimum Gasteiger partial charge on any atom is -0.475 e. The molecule has 0 bridgehead atoms. The molecule has 5 amide bonds. The van der Waals surface area contributed by atoms with Gasteiger partial charge in [-0.1, -0.05) is 36.4 Å². The third-order valence-electron chi connectivity index (χ3n) is 10.9. The number of tetrazole rings is 1. The number of anilines is 1. The third kappa shape index (κ3) is 16.0. The van der Waals surface area contributed by atoms with E-state index in [1.54, 1.807) is 107 Å². The SMILES string of the molecule is CC(C)(C)OC(=O)NC[C@H]1CC[C@H](C(=O)N[C@@H](Cc2ccc(-c3cccc(C(=O)N4CCN(C(=O)OC(C)(C)C)CC4)c3F)cc2)C(=O)Nc2ccc(-c3nn[nH]n3)cc2)CC1.O=C(O)C(F)(F)F. The molecule has 0 spiro atoms. The van der Waals surface area contributed by atoms with E-state index in [-0.39, 0.29) is 61.5 Å². The second-order valence-electron chi connectivity index (χ2n) is 18.6. The molecule has 4 aromatic rings. The van der Waals surface area contributed by atoms with E-state index in [2.05, 4.69) is 36.6 Å². The summed E-state index contributed by atoms with van der Waals surface area (Å²) in [6.45, 7) is 12.3. The summed E-state index contributed by atoms with van der Waals surface area (Å²) in [5, 5.41) is 29.8. The molecule has 0 unspecified atom stereocenters. The van der Waals surface area contributed by atoms with E-state index in [0.717, 1.165) is 12.8 Å². The molecule has 1 aliphatic heterocycles. The van der Waals surface area contributed by atoms with E-state index in [1.165, 1.54) is 11.0 Å². The Hall–Kier alpha value is -7.13. The number of halogens is 4. The molecule has 5 N–H and O–H groups in total. The van der Waals surface area contributed by atoms with Crippen LogP contribution in [0.5, 0.6) is 0 Å². The van der Waals surface area contributed by atoms with Crippen LogP contribution in [0.15, 0.2) is 66.7 Å². The largest absolute Gasteiger partial charge is 0.490 e. The lowest BCUT2D eigenvalue weighted by molar-refractivity contribution is -0.192. The van der Waals surface area contributed by atoms with Gasteiger partial charge in [0.25, 0.3) is 5.91 Å². The molecule has 1 atom stereocenters. The number of nitrogens with one attached hydrogen (secondary N) is 4. The average molecular weight is 968 g/mol. The maximum absolute atomic E-state index is 16.1. The quantitative estimate of drug-likeness (QED) is 0.0956. The number of carboxylic acid groups (broad SMARTS) is 1. The molecule has 22 heteroatoms. The Labute approximate surface area is 395 Å². The van der Waals surface area contributed by atoms with Crippen molar-refractivity contribution in [3.63, 3.8) is 0 Å². The zero-order valence-corrected chi connectivity index (χ0v) is 39.1. The highest BCUT2D eigenvalue weighted by Gasteiger charge is 2.38. The number of alkyl carbamates (subject to hydrolysis) is 1. The summed E-state index contributed by atoms with van der Waals surface area (Å²) in [5.41, 5.74) is 1.37. The number of H-pyrrole nitrogens is 1. The van der Waals surface area contributed by atoms with Crippen LogP contribution in [0.2, 0.25) is 0 Å². The molecule has 2 aliphatic rings. The number of piperazine rings is 1. The van der Waals surface area contributed by atoms with Crippen LogP contribution in [-0.4, -0.2) is 128 Å². The summed E-state index contributed by atoms with van der Waals surface area (Å²) in [4.78, 5) is 77.8. The van der Waals surface area contributed by atoms with Crippen molar-refractivity contribution in [2.45, 2.75) is 97.1 Å². The Kier molecular flexibility index (Phi) is 17.4. The third-order valence-corrected chi connectivity index (χ3v) is 10.9. The van der Waals surface area contributed by atoms with E-state index >= 15 is 4.39 Å². The number of nitrogens with zero attached hydrogens (tertiary/aromatic N) is 5. The molecule has 3 aromatic carbocycles. The monoisotopic (exact) mass is 967 g/mol. The van der Waals surface area contributed by atoms with Crippen LogP contribution in [0.25, 0.3) is 22.5 Å². The van der Waals surface area contributed by atoms with Gasteiger partial charge in [-0.05, 0) is 120 Å². The summed E-state index contributed by atoms with van der Waals surface area (Å²) in [7, 11) is 0. The predicted molar refractivity (Wildman–Crippen MR) is 243 cm³/mol. The van der Waals surface area contributed by atoms with Crippen LogP contribution in [0.1, 0.15) is 83.1 Å². The molecular weight excluding hydrogens is 911 g/mol. The van der Waals surface area contributed by atoms with Gasteiger partial charge in [0.2, 0.25) is 17.6 Å². The highest BCUT2D eigenvalue weighted by molar-refractivity contribution is 5.98. The molecule has 2 heterocycles. The molecule has 6 rings (SSSR count). The smallest absolute Gasteiger partial charge is 0.475 e.